The summed E-state index contributed by atoms with van der Waals surface area (Å²) < 4.78 is 31.9. The summed E-state index contributed by atoms with van der Waals surface area (Å²) in [6.07, 6.45) is 3.31. The highest BCUT2D eigenvalue weighted by atomic mass is 16.5. The van der Waals surface area contributed by atoms with E-state index in [1.165, 1.54) is 0 Å². The van der Waals surface area contributed by atoms with Crippen molar-refractivity contribution in [2.24, 2.45) is 0 Å². The van der Waals surface area contributed by atoms with E-state index in [9.17, 15) is 19.2 Å². The lowest BCUT2D eigenvalue weighted by Gasteiger charge is -2.34. The predicted octanol–water partition coefficient (Wildman–Crippen LogP) is 3.31. The fourth-order valence-corrected chi connectivity index (χ4v) is 4.27. The summed E-state index contributed by atoms with van der Waals surface area (Å²) in [6.45, 7) is 13.0. The van der Waals surface area contributed by atoms with Gasteiger partial charge in [0.25, 0.3) is 0 Å². The molecule has 3 rings (SSSR count). The fraction of sp³-hybridized carbons (Fsp3) is 0.412. The van der Waals surface area contributed by atoms with E-state index < -0.39 is 23.9 Å². The van der Waals surface area contributed by atoms with Crippen LogP contribution < -0.4 is 9.47 Å². The number of piperazine rings is 1. The lowest BCUT2D eigenvalue weighted by atomic mass is 10.2. The van der Waals surface area contributed by atoms with Crippen molar-refractivity contribution >= 4 is 23.9 Å². The summed E-state index contributed by atoms with van der Waals surface area (Å²) in [5.41, 5.74) is 0.883. The van der Waals surface area contributed by atoms with Gasteiger partial charge in [0, 0.05) is 64.3 Å². The number of rotatable bonds is 20. The maximum atomic E-state index is 12.4. The Morgan fingerprint density at radius 2 is 0.913 bits per heavy atom. The normalized spacial score (nSPS) is 13.2. The molecule has 1 heterocycles. The van der Waals surface area contributed by atoms with Gasteiger partial charge in [-0.15, -0.1) is 0 Å². The Hall–Kier alpha value is -4.68. The predicted molar refractivity (Wildman–Crippen MR) is 169 cm³/mol. The Morgan fingerprint density at radius 1 is 0.543 bits per heavy atom. The summed E-state index contributed by atoms with van der Waals surface area (Å²) in [7, 11) is 0. The Morgan fingerprint density at radius 3 is 1.26 bits per heavy atom. The van der Waals surface area contributed by atoms with Crippen LogP contribution in [0.15, 0.2) is 73.8 Å². The monoisotopic (exact) mass is 638 g/mol. The number of hydrogen-bond donors (Lipinski definition) is 0. The van der Waals surface area contributed by atoms with Crippen molar-refractivity contribution in [2.75, 3.05) is 78.9 Å². The van der Waals surface area contributed by atoms with Gasteiger partial charge in [0.05, 0.1) is 37.6 Å². The maximum absolute atomic E-state index is 12.4. The second-order valence-electron chi connectivity index (χ2n) is 10.2. The van der Waals surface area contributed by atoms with Crippen LogP contribution in [-0.2, 0) is 28.5 Å². The van der Waals surface area contributed by atoms with Gasteiger partial charge >= 0.3 is 23.9 Å². The van der Waals surface area contributed by atoms with Crippen LogP contribution in [0, 0.1) is 0 Å². The third kappa shape index (κ3) is 13.5. The zero-order chi connectivity index (χ0) is 33.0. The first-order chi connectivity index (χ1) is 22.4. The molecule has 0 atom stereocenters. The van der Waals surface area contributed by atoms with E-state index in [1.807, 2.05) is 0 Å². The van der Waals surface area contributed by atoms with Gasteiger partial charge in [0.1, 0.15) is 24.7 Å². The zero-order valence-electron chi connectivity index (χ0n) is 26.1. The zero-order valence-corrected chi connectivity index (χ0v) is 26.1. The van der Waals surface area contributed by atoms with E-state index in [2.05, 4.69) is 23.0 Å². The highest BCUT2D eigenvalue weighted by Gasteiger charge is 2.18. The summed E-state index contributed by atoms with van der Waals surface area (Å²) in [5, 5.41) is 0. The van der Waals surface area contributed by atoms with E-state index >= 15 is 0 Å². The third-order valence-electron chi connectivity index (χ3n) is 6.86. The number of esters is 4. The van der Waals surface area contributed by atoms with Crippen LogP contribution in [0.1, 0.15) is 33.6 Å². The van der Waals surface area contributed by atoms with Gasteiger partial charge in [0.2, 0.25) is 0 Å². The summed E-state index contributed by atoms with van der Waals surface area (Å²) in [5.74, 6) is -0.498. The van der Waals surface area contributed by atoms with E-state index in [0.29, 0.717) is 61.8 Å². The van der Waals surface area contributed by atoms with Gasteiger partial charge in [-0.05, 0) is 48.5 Å². The van der Waals surface area contributed by atoms with Crippen LogP contribution >= 0.6 is 0 Å². The van der Waals surface area contributed by atoms with Gasteiger partial charge in [0.15, 0.2) is 0 Å². The SMILES string of the molecule is C=CC(=O)OCCCOc1ccc(C(=O)OCCN2CCN(CCOC(=O)c3ccc(OCCCOC(=O)C=C)cc3)CC2)cc1. The van der Waals surface area contributed by atoms with Crippen LogP contribution in [0.3, 0.4) is 0 Å². The quantitative estimate of drug-likeness (QED) is 0.0913. The minimum absolute atomic E-state index is 0.246. The van der Waals surface area contributed by atoms with Crippen molar-refractivity contribution in [3.8, 4) is 11.5 Å². The number of ether oxygens (including phenoxy) is 6. The second kappa shape index (κ2) is 20.4. The Bertz CT molecular complexity index is 1170. The highest BCUT2D eigenvalue weighted by molar-refractivity contribution is 5.90. The molecule has 0 amide bonds. The fourth-order valence-electron chi connectivity index (χ4n) is 4.27. The Kier molecular flexibility index (Phi) is 15.9. The minimum Gasteiger partial charge on any atom is -0.493 e. The van der Waals surface area contributed by atoms with Gasteiger partial charge in [-0.2, -0.15) is 0 Å². The standard InChI is InChI=1S/C34H42N2O10/c1-3-31(37)43-23-5-21-41-29-11-7-27(8-12-29)33(39)45-25-19-35-15-17-36(18-16-35)20-26-46-34(40)28-9-13-30(14-10-28)42-22-6-24-44-32(38)4-2/h3-4,7-14H,1-2,5-6,15-26H2. The largest absolute Gasteiger partial charge is 0.493 e. The van der Waals surface area contributed by atoms with E-state index in [-0.39, 0.29) is 26.4 Å². The van der Waals surface area contributed by atoms with Crippen molar-refractivity contribution in [3.63, 3.8) is 0 Å². The lowest BCUT2D eigenvalue weighted by molar-refractivity contribution is -0.138. The number of benzene rings is 2. The van der Waals surface area contributed by atoms with Gasteiger partial charge < -0.3 is 28.4 Å². The molecule has 0 unspecified atom stereocenters. The average Bonchev–Trinajstić information content (AvgIpc) is 3.08. The van der Waals surface area contributed by atoms with Crippen LogP contribution in [-0.4, -0.2) is 113 Å². The minimum atomic E-state index is -0.464. The molecule has 2 aromatic rings. The van der Waals surface area contributed by atoms with Crippen molar-refractivity contribution < 1.29 is 47.6 Å². The molecule has 1 saturated heterocycles. The van der Waals surface area contributed by atoms with E-state index in [0.717, 1.165) is 38.3 Å². The molecule has 0 saturated carbocycles. The van der Waals surface area contributed by atoms with Gasteiger partial charge in [-0.3, -0.25) is 9.80 Å². The molecule has 0 spiro atoms. The van der Waals surface area contributed by atoms with Crippen molar-refractivity contribution in [1.29, 1.82) is 0 Å². The molecule has 1 aliphatic heterocycles. The Balaban J connectivity index is 1.22. The van der Waals surface area contributed by atoms with Gasteiger partial charge in [-0.25, -0.2) is 19.2 Å². The van der Waals surface area contributed by atoms with Gasteiger partial charge in [-0.1, -0.05) is 13.2 Å². The molecule has 1 fully saturated rings. The van der Waals surface area contributed by atoms with Crippen LogP contribution in [0.25, 0.3) is 0 Å². The molecule has 1 aliphatic rings. The molecule has 0 aliphatic carbocycles. The molecule has 0 radical (unpaired) electrons. The molecule has 248 valence electrons. The van der Waals surface area contributed by atoms with Crippen molar-refractivity contribution in [1.82, 2.24) is 9.80 Å². The molecule has 0 aromatic heterocycles. The molecule has 0 bridgehead atoms. The molecule has 12 nitrogen and oxygen atoms in total. The maximum Gasteiger partial charge on any atom is 0.338 e. The smallest absolute Gasteiger partial charge is 0.338 e. The molecular formula is C34H42N2O10. The summed E-state index contributed by atoms with van der Waals surface area (Å²) in [4.78, 5) is 51.3. The molecular weight excluding hydrogens is 596 g/mol. The van der Waals surface area contributed by atoms with Crippen LogP contribution in [0.2, 0.25) is 0 Å². The Labute approximate surface area is 269 Å². The number of nitrogens with zero attached hydrogens (tertiary/aromatic N) is 2. The molecule has 2 aromatic carbocycles. The molecule has 46 heavy (non-hydrogen) atoms. The van der Waals surface area contributed by atoms with Crippen molar-refractivity contribution in [3.05, 3.63) is 85.0 Å². The van der Waals surface area contributed by atoms with Crippen molar-refractivity contribution in [2.45, 2.75) is 12.8 Å². The number of hydrogen-bond acceptors (Lipinski definition) is 12. The first kappa shape index (κ1) is 35.8. The highest BCUT2D eigenvalue weighted by Crippen LogP contribution is 2.15. The number of carbonyl (C=O) groups is 4. The number of carbonyl (C=O) groups excluding carboxylic acids is 4. The average molecular weight is 639 g/mol. The molecule has 12 heteroatoms. The van der Waals surface area contributed by atoms with Crippen LogP contribution in [0.4, 0.5) is 0 Å². The summed E-state index contributed by atoms with van der Waals surface area (Å²) >= 11 is 0. The third-order valence-corrected chi connectivity index (χ3v) is 6.86. The van der Waals surface area contributed by atoms with Crippen LogP contribution in [0.5, 0.6) is 11.5 Å². The second-order valence-corrected chi connectivity index (χ2v) is 10.2. The lowest BCUT2D eigenvalue weighted by Crippen LogP contribution is -2.48. The van der Waals surface area contributed by atoms with E-state index in [4.69, 9.17) is 28.4 Å². The summed E-state index contributed by atoms with van der Waals surface area (Å²) in [6, 6.07) is 13.4. The topological polar surface area (TPSA) is 130 Å². The van der Waals surface area contributed by atoms with E-state index in [1.54, 1.807) is 48.5 Å². The first-order valence-electron chi connectivity index (χ1n) is 15.2. The molecule has 0 N–H and O–H groups in total. The first-order valence-corrected chi connectivity index (χ1v) is 15.2.